The molecule has 82 valence electrons. The summed E-state index contributed by atoms with van der Waals surface area (Å²) in [5.74, 6) is 0.281. The minimum absolute atomic E-state index is 0.143. The first-order valence-electron chi connectivity index (χ1n) is 5.29. The van der Waals surface area contributed by atoms with E-state index >= 15 is 0 Å². The number of hydrogen-bond acceptors (Lipinski definition) is 2. The smallest absolute Gasteiger partial charge is 0.123 e. The van der Waals surface area contributed by atoms with Gasteiger partial charge in [0, 0.05) is 12.2 Å². The highest BCUT2D eigenvalue weighted by atomic mass is 16.3. The fourth-order valence-corrected chi connectivity index (χ4v) is 1.74. The van der Waals surface area contributed by atoms with E-state index in [1.54, 1.807) is 12.1 Å². The maximum absolute atomic E-state index is 9.74. The van der Waals surface area contributed by atoms with Crippen LogP contribution < -0.4 is 0 Å². The summed E-state index contributed by atoms with van der Waals surface area (Å²) in [5, 5.41) is 18.6. The average Bonchev–Trinajstić information content (AvgIpc) is 2.30. The highest BCUT2D eigenvalue weighted by Gasteiger charge is 2.03. The Labute approximate surface area is 94.8 Å². The number of aliphatic hydroxyl groups excluding tert-OH is 1. The summed E-state index contributed by atoms with van der Waals surface area (Å²) >= 11 is 0. The Kier molecular flexibility index (Phi) is 3.22. The molecular weight excluding hydrogens is 200 g/mol. The second-order valence-electron chi connectivity index (χ2n) is 3.69. The monoisotopic (exact) mass is 214 g/mol. The summed E-state index contributed by atoms with van der Waals surface area (Å²) in [6.45, 7) is 0.143. The normalized spacial score (nSPS) is 10.3. The fourth-order valence-electron chi connectivity index (χ4n) is 1.74. The molecule has 0 amide bonds. The molecule has 0 heterocycles. The number of phenols is 1. The van der Waals surface area contributed by atoms with Crippen molar-refractivity contribution in [3.05, 3.63) is 54.1 Å². The molecule has 2 N–H and O–H groups in total. The summed E-state index contributed by atoms with van der Waals surface area (Å²) in [5.41, 5.74) is 2.87. The van der Waals surface area contributed by atoms with Crippen molar-refractivity contribution >= 4 is 0 Å². The molecule has 2 aromatic carbocycles. The topological polar surface area (TPSA) is 40.5 Å². The highest BCUT2D eigenvalue weighted by molar-refractivity contribution is 5.70. The van der Waals surface area contributed by atoms with Gasteiger partial charge >= 0.3 is 0 Å². The van der Waals surface area contributed by atoms with Crippen molar-refractivity contribution in [1.82, 2.24) is 0 Å². The minimum atomic E-state index is 0.143. The molecule has 2 rings (SSSR count). The first kappa shape index (κ1) is 10.7. The molecular formula is C14H14O2. The van der Waals surface area contributed by atoms with Crippen molar-refractivity contribution in [1.29, 1.82) is 0 Å². The van der Waals surface area contributed by atoms with Crippen LogP contribution >= 0.6 is 0 Å². The van der Waals surface area contributed by atoms with E-state index in [1.165, 1.54) is 0 Å². The van der Waals surface area contributed by atoms with Crippen LogP contribution in [0, 0.1) is 0 Å². The van der Waals surface area contributed by atoms with Gasteiger partial charge in [-0.3, -0.25) is 0 Å². The third kappa shape index (κ3) is 2.23. The largest absolute Gasteiger partial charge is 0.507 e. The number of rotatable bonds is 3. The zero-order valence-corrected chi connectivity index (χ0v) is 8.93. The first-order valence-corrected chi connectivity index (χ1v) is 5.29. The van der Waals surface area contributed by atoms with Gasteiger partial charge in [0.05, 0.1) is 0 Å². The second-order valence-corrected chi connectivity index (χ2v) is 3.69. The molecule has 0 aliphatic heterocycles. The van der Waals surface area contributed by atoms with Gasteiger partial charge in [0.15, 0.2) is 0 Å². The van der Waals surface area contributed by atoms with Gasteiger partial charge in [0.1, 0.15) is 5.75 Å². The Morgan fingerprint density at radius 1 is 0.938 bits per heavy atom. The number of phenolic OH excluding ortho intramolecular Hbond substituents is 1. The lowest BCUT2D eigenvalue weighted by molar-refractivity contribution is 0.299. The summed E-state index contributed by atoms with van der Waals surface area (Å²) in [7, 11) is 0. The molecule has 0 spiro atoms. The quantitative estimate of drug-likeness (QED) is 0.824. The van der Waals surface area contributed by atoms with E-state index in [9.17, 15) is 5.11 Å². The summed E-state index contributed by atoms with van der Waals surface area (Å²) < 4.78 is 0. The first-order chi connectivity index (χ1) is 7.81. The molecule has 16 heavy (non-hydrogen) atoms. The Bertz CT molecular complexity index is 478. The Hall–Kier alpha value is -1.80. The summed E-state index contributed by atoms with van der Waals surface area (Å²) in [6, 6.07) is 15.1. The van der Waals surface area contributed by atoms with Crippen LogP contribution in [0.25, 0.3) is 11.1 Å². The Morgan fingerprint density at radius 2 is 1.75 bits per heavy atom. The van der Waals surface area contributed by atoms with Crippen LogP contribution in [-0.4, -0.2) is 16.8 Å². The third-order valence-corrected chi connectivity index (χ3v) is 2.54. The SMILES string of the molecule is OCCc1cccc(-c2ccccc2O)c1. The lowest BCUT2D eigenvalue weighted by atomic mass is 10.0. The van der Waals surface area contributed by atoms with E-state index in [2.05, 4.69) is 0 Å². The maximum Gasteiger partial charge on any atom is 0.123 e. The zero-order chi connectivity index (χ0) is 11.4. The second kappa shape index (κ2) is 4.81. The summed E-state index contributed by atoms with van der Waals surface area (Å²) in [4.78, 5) is 0. The molecule has 0 aromatic heterocycles. The van der Waals surface area contributed by atoms with Gasteiger partial charge in [0.2, 0.25) is 0 Å². The number of para-hydroxylation sites is 1. The van der Waals surface area contributed by atoms with E-state index in [0.717, 1.165) is 16.7 Å². The van der Waals surface area contributed by atoms with E-state index in [1.807, 2.05) is 36.4 Å². The molecule has 0 bridgehead atoms. The van der Waals surface area contributed by atoms with Crippen molar-refractivity contribution in [2.45, 2.75) is 6.42 Å². The van der Waals surface area contributed by atoms with Crippen LogP contribution in [0.4, 0.5) is 0 Å². The molecule has 2 nitrogen and oxygen atoms in total. The maximum atomic E-state index is 9.74. The van der Waals surface area contributed by atoms with Gasteiger partial charge in [-0.05, 0) is 23.6 Å². The van der Waals surface area contributed by atoms with Gasteiger partial charge in [-0.1, -0.05) is 42.5 Å². The van der Waals surface area contributed by atoms with E-state index in [4.69, 9.17) is 5.11 Å². The van der Waals surface area contributed by atoms with Crippen LogP contribution in [0.5, 0.6) is 5.75 Å². The highest BCUT2D eigenvalue weighted by Crippen LogP contribution is 2.28. The lowest BCUT2D eigenvalue weighted by Crippen LogP contribution is -1.90. The molecule has 0 saturated heterocycles. The Morgan fingerprint density at radius 3 is 2.50 bits per heavy atom. The molecule has 0 fully saturated rings. The van der Waals surface area contributed by atoms with Gasteiger partial charge < -0.3 is 10.2 Å². The molecule has 0 atom stereocenters. The van der Waals surface area contributed by atoms with Gasteiger partial charge in [-0.15, -0.1) is 0 Å². The number of aromatic hydroxyl groups is 1. The standard InChI is InChI=1S/C14H14O2/c15-9-8-11-4-3-5-12(10-11)13-6-1-2-7-14(13)16/h1-7,10,15-16H,8-9H2. The van der Waals surface area contributed by atoms with Crippen LogP contribution in [-0.2, 0) is 6.42 Å². The van der Waals surface area contributed by atoms with Crippen LogP contribution in [0.15, 0.2) is 48.5 Å². The van der Waals surface area contributed by atoms with Crippen LogP contribution in [0.2, 0.25) is 0 Å². The molecule has 0 aliphatic carbocycles. The molecule has 2 heteroatoms. The average molecular weight is 214 g/mol. The predicted octanol–water partition coefficient (Wildman–Crippen LogP) is 2.59. The lowest BCUT2D eigenvalue weighted by Gasteiger charge is -2.06. The van der Waals surface area contributed by atoms with Gasteiger partial charge in [-0.25, -0.2) is 0 Å². The molecule has 2 aromatic rings. The van der Waals surface area contributed by atoms with Crippen molar-refractivity contribution in [2.75, 3.05) is 6.61 Å². The van der Waals surface area contributed by atoms with Crippen LogP contribution in [0.1, 0.15) is 5.56 Å². The molecule has 0 unspecified atom stereocenters. The Balaban J connectivity index is 2.40. The summed E-state index contributed by atoms with van der Waals surface area (Å²) in [6.07, 6.45) is 0.640. The van der Waals surface area contributed by atoms with Crippen LogP contribution in [0.3, 0.4) is 0 Å². The number of benzene rings is 2. The third-order valence-electron chi connectivity index (χ3n) is 2.54. The van der Waals surface area contributed by atoms with E-state index in [-0.39, 0.29) is 12.4 Å². The van der Waals surface area contributed by atoms with Gasteiger partial charge in [-0.2, -0.15) is 0 Å². The predicted molar refractivity (Wildman–Crippen MR) is 64.3 cm³/mol. The van der Waals surface area contributed by atoms with Crippen molar-refractivity contribution < 1.29 is 10.2 Å². The minimum Gasteiger partial charge on any atom is -0.507 e. The van der Waals surface area contributed by atoms with Crippen molar-refractivity contribution in [2.24, 2.45) is 0 Å². The zero-order valence-electron chi connectivity index (χ0n) is 8.93. The van der Waals surface area contributed by atoms with E-state index in [0.29, 0.717) is 6.42 Å². The molecule has 0 radical (unpaired) electrons. The van der Waals surface area contributed by atoms with Crippen molar-refractivity contribution in [3.63, 3.8) is 0 Å². The molecule has 0 saturated carbocycles. The van der Waals surface area contributed by atoms with Gasteiger partial charge in [0.25, 0.3) is 0 Å². The van der Waals surface area contributed by atoms with Crippen molar-refractivity contribution in [3.8, 4) is 16.9 Å². The fraction of sp³-hybridized carbons (Fsp3) is 0.143. The molecule has 0 aliphatic rings. The number of aliphatic hydroxyl groups is 1. The number of hydrogen-bond donors (Lipinski definition) is 2. The van der Waals surface area contributed by atoms with E-state index < -0.39 is 0 Å².